The smallest absolute Gasteiger partial charge is 0.146 e. The zero-order valence-electron chi connectivity index (χ0n) is 17.7. The first-order valence-corrected chi connectivity index (χ1v) is 9.33. The van der Waals surface area contributed by atoms with Crippen LogP contribution in [-0.2, 0) is 11.2 Å². The summed E-state index contributed by atoms with van der Waals surface area (Å²) in [4.78, 5) is 11.7. The van der Waals surface area contributed by atoms with E-state index in [4.69, 9.17) is 4.74 Å². The highest BCUT2D eigenvalue weighted by Crippen LogP contribution is 2.34. The molecule has 0 unspecified atom stereocenters. The molecule has 0 aliphatic carbocycles. The van der Waals surface area contributed by atoms with Gasteiger partial charge in [0, 0.05) is 24.6 Å². The molecular weight excluding hydrogens is 322 g/mol. The summed E-state index contributed by atoms with van der Waals surface area (Å²) in [6.07, 6.45) is 4.59. The molecule has 1 aromatic carbocycles. The largest absolute Gasteiger partial charge is 0.496 e. The van der Waals surface area contributed by atoms with Crippen LogP contribution in [0.5, 0.6) is 5.75 Å². The first-order valence-electron chi connectivity index (χ1n) is 9.33. The van der Waals surface area contributed by atoms with Crippen LogP contribution in [0.3, 0.4) is 0 Å². The number of aryl methyl sites for hydroxylation is 1. The number of carbonyl (C=O) groups is 1. The lowest BCUT2D eigenvalue weighted by molar-refractivity contribution is -0.105. The van der Waals surface area contributed by atoms with Gasteiger partial charge in [0.1, 0.15) is 12.0 Å². The minimum atomic E-state index is 0.0268. The van der Waals surface area contributed by atoms with Crippen LogP contribution in [-0.4, -0.2) is 20.4 Å². The molecule has 3 nitrogen and oxygen atoms in total. The molecule has 0 aliphatic rings. The number of rotatable bonds is 9. The molecule has 0 saturated carbocycles. The number of hydrogen-bond acceptors (Lipinski definition) is 3. The van der Waals surface area contributed by atoms with E-state index in [9.17, 15) is 4.79 Å². The molecule has 0 bridgehead atoms. The van der Waals surface area contributed by atoms with Crippen molar-refractivity contribution in [2.24, 2.45) is 11.3 Å². The summed E-state index contributed by atoms with van der Waals surface area (Å²) in [6, 6.07) is 6.09. The van der Waals surface area contributed by atoms with Crippen molar-refractivity contribution in [1.29, 1.82) is 0 Å². The van der Waals surface area contributed by atoms with Gasteiger partial charge in [0.05, 0.1) is 7.11 Å². The summed E-state index contributed by atoms with van der Waals surface area (Å²) in [6.45, 7) is 13.1. The van der Waals surface area contributed by atoms with Gasteiger partial charge in [0.15, 0.2) is 0 Å². The summed E-state index contributed by atoms with van der Waals surface area (Å²) in [7, 11) is 3.62. The molecule has 0 aliphatic heterocycles. The number of aldehydes is 1. The van der Waals surface area contributed by atoms with Gasteiger partial charge >= 0.3 is 0 Å². The van der Waals surface area contributed by atoms with Crippen LogP contribution in [0, 0.1) is 18.3 Å². The van der Waals surface area contributed by atoms with Crippen molar-refractivity contribution in [2.45, 2.75) is 54.4 Å². The SMILES string of the molecule is CN/C(=C(C)\C=C(/C=O)Cc1ccc(C)cc1OC)C(C)(C)CC(C)C. The Hall–Kier alpha value is -2.03. The predicted molar refractivity (Wildman–Crippen MR) is 111 cm³/mol. The minimum Gasteiger partial charge on any atom is -0.496 e. The number of methoxy groups -OCH3 is 1. The lowest BCUT2D eigenvalue weighted by Crippen LogP contribution is -2.27. The number of nitrogens with one attached hydrogen (secondary N) is 1. The zero-order valence-corrected chi connectivity index (χ0v) is 17.7. The van der Waals surface area contributed by atoms with E-state index in [0.717, 1.165) is 40.7 Å². The Morgan fingerprint density at radius 3 is 2.46 bits per heavy atom. The molecule has 1 rings (SSSR count). The third-order valence-electron chi connectivity index (χ3n) is 4.63. The van der Waals surface area contributed by atoms with Gasteiger partial charge in [-0.15, -0.1) is 0 Å². The molecule has 0 amide bonds. The summed E-state index contributed by atoms with van der Waals surface area (Å²) < 4.78 is 5.48. The van der Waals surface area contributed by atoms with Crippen LogP contribution in [0.2, 0.25) is 0 Å². The molecule has 144 valence electrons. The third-order valence-corrected chi connectivity index (χ3v) is 4.63. The maximum Gasteiger partial charge on any atom is 0.146 e. The average molecular weight is 358 g/mol. The Bertz CT molecular complexity index is 681. The van der Waals surface area contributed by atoms with Crippen molar-refractivity contribution >= 4 is 6.29 Å². The normalized spacial score (nSPS) is 13.5. The fourth-order valence-corrected chi connectivity index (χ4v) is 3.89. The van der Waals surface area contributed by atoms with Crippen molar-refractivity contribution in [3.8, 4) is 5.75 Å². The second-order valence-electron chi connectivity index (χ2n) is 8.12. The second-order valence-corrected chi connectivity index (χ2v) is 8.12. The standard InChI is InChI=1S/C23H35NO2/c1-16(2)14-23(5,6)22(24-7)18(4)12-19(15-25)13-20-10-9-17(3)11-21(20)26-8/h9-12,15-16,24H,13-14H2,1-8H3/b19-12-,22-18-. The summed E-state index contributed by atoms with van der Waals surface area (Å²) >= 11 is 0. The highest BCUT2D eigenvalue weighted by atomic mass is 16.5. The lowest BCUT2D eigenvalue weighted by Gasteiger charge is -2.31. The van der Waals surface area contributed by atoms with Crippen molar-refractivity contribution in [3.05, 3.63) is 52.2 Å². The fourth-order valence-electron chi connectivity index (χ4n) is 3.89. The molecule has 1 N–H and O–H groups in total. The maximum atomic E-state index is 11.7. The van der Waals surface area contributed by atoms with Crippen molar-refractivity contribution in [3.63, 3.8) is 0 Å². The highest BCUT2D eigenvalue weighted by molar-refractivity contribution is 5.75. The van der Waals surface area contributed by atoms with Crippen LogP contribution in [0.25, 0.3) is 0 Å². The second kappa shape index (κ2) is 9.61. The number of ether oxygens (including phenoxy) is 1. The average Bonchev–Trinajstić information content (AvgIpc) is 2.54. The van der Waals surface area contributed by atoms with Gasteiger partial charge in [-0.25, -0.2) is 0 Å². The summed E-state index contributed by atoms with van der Waals surface area (Å²) in [5.41, 5.74) is 5.23. The quantitative estimate of drug-likeness (QED) is 0.373. The van der Waals surface area contributed by atoms with Gasteiger partial charge in [-0.1, -0.05) is 45.9 Å². The molecule has 0 radical (unpaired) electrons. The maximum absolute atomic E-state index is 11.7. The third kappa shape index (κ3) is 6.05. The van der Waals surface area contributed by atoms with Crippen molar-refractivity contribution < 1.29 is 9.53 Å². The van der Waals surface area contributed by atoms with E-state index in [1.165, 1.54) is 5.70 Å². The van der Waals surface area contributed by atoms with E-state index in [1.807, 2.05) is 38.2 Å². The van der Waals surface area contributed by atoms with Gasteiger partial charge in [-0.05, 0) is 54.5 Å². The Morgan fingerprint density at radius 1 is 1.31 bits per heavy atom. The first kappa shape index (κ1) is 22.0. The topological polar surface area (TPSA) is 38.3 Å². The van der Waals surface area contributed by atoms with Gasteiger partial charge in [-0.3, -0.25) is 4.79 Å². The Balaban J connectivity index is 3.22. The van der Waals surface area contributed by atoms with E-state index in [-0.39, 0.29) is 5.41 Å². The highest BCUT2D eigenvalue weighted by Gasteiger charge is 2.25. The molecule has 0 atom stereocenters. The van der Waals surface area contributed by atoms with Crippen LogP contribution < -0.4 is 10.1 Å². The van der Waals surface area contributed by atoms with Gasteiger partial charge in [-0.2, -0.15) is 0 Å². The van der Waals surface area contributed by atoms with E-state index >= 15 is 0 Å². The summed E-state index contributed by atoms with van der Waals surface area (Å²) in [5.74, 6) is 1.43. The van der Waals surface area contributed by atoms with Crippen LogP contribution in [0.4, 0.5) is 0 Å². The van der Waals surface area contributed by atoms with E-state index < -0.39 is 0 Å². The van der Waals surface area contributed by atoms with E-state index in [1.54, 1.807) is 7.11 Å². The number of carbonyl (C=O) groups excluding carboxylic acids is 1. The lowest BCUT2D eigenvalue weighted by atomic mass is 9.79. The minimum absolute atomic E-state index is 0.0268. The molecule has 0 saturated heterocycles. The molecule has 26 heavy (non-hydrogen) atoms. The Labute approximate surface area is 159 Å². The van der Waals surface area contributed by atoms with Crippen LogP contribution in [0.1, 0.15) is 52.2 Å². The number of benzene rings is 1. The summed E-state index contributed by atoms with van der Waals surface area (Å²) in [5, 5.41) is 3.37. The molecule has 0 fully saturated rings. The van der Waals surface area contributed by atoms with Crippen molar-refractivity contribution in [2.75, 3.05) is 14.2 Å². The Kier molecular flexibility index (Phi) is 8.13. The van der Waals surface area contributed by atoms with Crippen molar-refractivity contribution in [1.82, 2.24) is 5.32 Å². The molecule has 0 spiro atoms. The molecule has 3 heteroatoms. The first-order chi connectivity index (χ1) is 12.1. The number of hydrogen-bond donors (Lipinski definition) is 1. The van der Waals surface area contributed by atoms with E-state index in [2.05, 4.69) is 39.9 Å². The molecule has 0 aromatic heterocycles. The zero-order chi connectivity index (χ0) is 19.9. The van der Waals surface area contributed by atoms with E-state index in [0.29, 0.717) is 12.3 Å². The Morgan fingerprint density at radius 2 is 1.96 bits per heavy atom. The predicted octanol–water partition coefficient (Wildman–Crippen LogP) is 5.24. The van der Waals surface area contributed by atoms with Gasteiger partial charge in [0.2, 0.25) is 0 Å². The molecule has 1 aromatic rings. The number of allylic oxidation sites excluding steroid dienone is 4. The monoisotopic (exact) mass is 357 g/mol. The molecular formula is C23H35NO2. The van der Waals surface area contributed by atoms with Gasteiger partial charge in [0.25, 0.3) is 0 Å². The fraction of sp³-hybridized carbons (Fsp3) is 0.522. The van der Waals surface area contributed by atoms with Crippen LogP contribution in [0.15, 0.2) is 41.1 Å². The molecule has 0 heterocycles. The van der Waals surface area contributed by atoms with Crippen LogP contribution >= 0.6 is 0 Å². The van der Waals surface area contributed by atoms with Gasteiger partial charge < -0.3 is 10.1 Å².